The van der Waals surface area contributed by atoms with E-state index in [1.54, 1.807) is 12.1 Å². The summed E-state index contributed by atoms with van der Waals surface area (Å²) in [6.45, 7) is 9.20. The average Bonchev–Trinajstić information content (AvgIpc) is 2.58. The number of benzene rings is 1. The molecular weight excluding hydrogens is 362 g/mol. The van der Waals surface area contributed by atoms with Gasteiger partial charge in [0.15, 0.2) is 0 Å². The van der Waals surface area contributed by atoms with E-state index in [1.807, 2.05) is 32.6 Å². The number of nitro benzene ring substituents is 1. The third kappa shape index (κ3) is 4.99. The molecule has 1 heterocycles. The summed E-state index contributed by atoms with van der Waals surface area (Å²) in [5.41, 5.74) is 6.22. The van der Waals surface area contributed by atoms with E-state index < -0.39 is 16.2 Å². The minimum absolute atomic E-state index is 0.00186. The summed E-state index contributed by atoms with van der Waals surface area (Å²) in [7, 11) is 0. The lowest BCUT2D eigenvalue weighted by molar-refractivity contribution is -0.384. The predicted octanol–water partition coefficient (Wildman–Crippen LogP) is 2.35. The first-order valence-corrected chi connectivity index (χ1v) is 9.21. The minimum Gasteiger partial charge on any atom is -0.383 e. The van der Waals surface area contributed by atoms with Crippen LogP contribution in [0.1, 0.15) is 33.3 Å². The maximum Gasteiger partial charge on any atom is 0.330 e. The summed E-state index contributed by atoms with van der Waals surface area (Å²) in [4.78, 5) is 39.3. The van der Waals surface area contributed by atoms with Crippen molar-refractivity contribution in [2.45, 2.75) is 40.8 Å². The molecule has 0 amide bonds. The number of nitrogens with two attached hydrogens (primary N) is 1. The number of nitrogens with one attached hydrogen (secondary N) is 1. The number of hydrogen-bond donors (Lipinski definition) is 2. The summed E-state index contributed by atoms with van der Waals surface area (Å²) in [6.07, 6.45) is 0. The van der Waals surface area contributed by atoms with Crippen LogP contribution < -0.4 is 21.9 Å². The minimum atomic E-state index is -0.537. The van der Waals surface area contributed by atoms with E-state index in [0.29, 0.717) is 19.6 Å². The highest BCUT2D eigenvalue weighted by Crippen LogP contribution is 2.22. The Morgan fingerprint density at radius 2 is 1.75 bits per heavy atom. The van der Waals surface area contributed by atoms with Crippen LogP contribution in [0.2, 0.25) is 0 Å². The van der Waals surface area contributed by atoms with Gasteiger partial charge in [-0.15, -0.1) is 0 Å². The van der Waals surface area contributed by atoms with Gasteiger partial charge in [-0.2, -0.15) is 0 Å². The van der Waals surface area contributed by atoms with Gasteiger partial charge in [0.25, 0.3) is 11.2 Å². The highest BCUT2D eigenvalue weighted by atomic mass is 16.6. The molecule has 0 fully saturated rings. The number of non-ortho nitro benzene ring substituents is 1. The maximum absolute atomic E-state index is 12.6. The fraction of sp³-hybridized carbons (Fsp3) is 0.474. The summed E-state index contributed by atoms with van der Waals surface area (Å²) in [5, 5.41) is 10.8. The smallest absolute Gasteiger partial charge is 0.330 e. The molecule has 9 heteroatoms. The molecule has 0 aliphatic carbocycles. The first-order valence-electron chi connectivity index (χ1n) is 9.21. The van der Waals surface area contributed by atoms with Gasteiger partial charge in [0.05, 0.1) is 4.92 Å². The first kappa shape index (κ1) is 21.2. The van der Waals surface area contributed by atoms with Gasteiger partial charge >= 0.3 is 5.69 Å². The van der Waals surface area contributed by atoms with Crippen molar-refractivity contribution in [2.75, 3.05) is 17.2 Å². The summed E-state index contributed by atoms with van der Waals surface area (Å²) in [5.74, 6) is 0.527. The molecule has 1 aromatic carbocycles. The van der Waals surface area contributed by atoms with Crippen LogP contribution in [0.15, 0.2) is 33.9 Å². The van der Waals surface area contributed by atoms with Crippen molar-refractivity contribution in [1.29, 1.82) is 0 Å². The van der Waals surface area contributed by atoms with Crippen molar-refractivity contribution in [3.8, 4) is 0 Å². The Kier molecular flexibility index (Phi) is 6.61. The Hall–Kier alpha value is -3.10. The molecule has 0 saturated carbocycles. The lowest BCUT2D eigenvalue weighted by Crippen LogP contribution is -2.40. The molecule has 0 bridgehead atoms. The normalized spacial score (nSPS) is 11.2. The van der Waals surface area contributed by atoms with Crippen LogP contribution in [0.25, 0.3) is 0 Å². The standard InChI is InChI=1S/C19H27N5O4/c1-12(2)9-22(11-14-5-7-15(8-6-14)24(27)28)16-17(20)23(10-13(3)4)19(26)21-18(16)25/h5-8,12-13H,9-11,20H2,1-4H3,(H,21,25,26). The van der Waals surface area contributed by atoms with Crippen molar-refractivity contribution < 1.29 is 4.92 Å². The lowest BCUT2D eigenvalue weighted by Gasteiger charge is -2.28. The van der Waals surface area contributed by atoms with Crippen LogP contribution in [0, 0.1) is 22.0 Å². The van der Waals surface area contributed by atoms with Gasteiger partial charge in [-0.05, 0) is 17.4 Å². The second-order valence-corrected chi connectivity index (χ2v) is 7.70. The van der Waals surface area contributed by atoms with E-state index in [9.17, 15) is 19.7 Å². The van der Waals surface area contributed by atoms with Crippen molar-refractivity contribution in [1.82, 2.24) is 9.55 Å². The number of aromatic amines is 1. The molecular formula is C19H27N5O4. The topological polar surface area (TPSA) is 127 Å². The Labute approximate surface area is 162 Å². The zero-order valence-corrected chi connectivity index (χ0v) is 16.6. The largest absolute Gasteiger partial charge is 0.383 e. The summed E-state index contributed by atoms with van der Waals surface area (Å²) >= 11 is 0. The number of nitrogens with zero attached hydrogens (tertiary/aromatic N) is 3. The molecule has 9 nitrogen and oxygen atoms in total. The van der Waals surface area contributed by atoms with Gasteiger partial charge in [0, 0.05) is 31.8 Å². The predicted molar refractivity (Wildman–Crippen MR) is 110 cm³/mol. The molecule has 0 aliphatic rings. The number of nitrogen functional groups attached to an aromatic ring is 1. The fourth-order valence-corrected chi connectivity index (χ4v) is 3.05. The number of anilines is 2. The molecule has 0 atom stereocenters. The third-order valence-electron chi connectivity index (χ3n) is 4.18. The van der Waals surface area contributed by atoms with Crippen LogP contribution in [0.4, 0.5) is 17.2 Å². The molecule has 2 aromatic rings. The van der Waals surface area contributed by atoms with Gasteiger partial charge in [-0.3, -0.25) is 24.5 Å². The number of nitro groups is 1. The second-order valence-electron chi connectivity index (χ2n) is 7.70. The molecule has 0 radical (unpaired) electrons. The third-order valence-corrected chi connectivity index (χ3v) is 4.18. The zero-order valence-electron chi connectivity index (χ0n) is 16.6. The summed E-state index contributed by atoms with van der Waals surface area (Å²) < 4.78 is 1.38. The van der Waals surface area contributed by atoms with Crippen LogP contribution >= 0.6 is 0 Å². The maximum atomic E-state index is 12.6. The number of rotatable bonds is 8. The van der Waals surface area contributed by atoms with E-state index in [1.165, 1.54) is 16.7 Å². The lowest BCUT2D eigenvalue weighted by atomic mass is 10.1. The van der Waals surface area contributed by atoms with Crippen LogP contribution in [0.3, 0.4) is 0 Å². The molecule has 1 aromatic heterocycles. The molecule has 152 valence electrons. The van der Waals surface area contributed by atoms with Gasteiger partial charge < -0.3 is 10.6 Å². The Balaban J connectivity index is 2.49. The number of aromatic nitrogens is 2. The average molecular weight is 389 g/mol. The van der Waals surface area contributed by atoms with E-state index in [4.69, 9.17) is 5.73 Å². The van der Waals surface area contributed by atoms with Crippen molar-refractivity contribution in [3.05, 3.63) is 60.8 Å². The highest BCUT2D eigenvalue weighted by Gasteiger charge is 2.20. The highest BCUT2D eigenvalue weighted by molar-refractivity contribution is 5.62. The molecule has 0 unspecified atom stereocenters. The quantitative estimate of drug-likeness (QED) is 0.527. The van der Waals surface area contributed by atoms with Gasteiger partial charge in [0.1, 0.15) is 11.5 Å². The number of H-pyrrole nitrogens is 1. The SMILES string of the molecule is CC(C)CN(Cc1ccc([N+](=O)[O-])cc1)c1c(N)n(CC(C)C)c(=O)[nH]c1=O. The monoisotopic (exact) mass is 389 g/mol. The second kappa shape index (κ2) is 8.73. The summed E-state index contributed by atoms with van der Waals surface area (Å²) in [6, 6.07) is 6.16. The van der Waals surface area contributed by atoms with E-state index in [2.05, 4.69) is 4.98 Å². The first-order chi connectivity index (χ1) is 13.1. The van der Waals surface area contributed by atoms with Crippen molar-refractivity contribution in [3.63, 3.8) is 0 Å². The van der Waals surface area contributed by atoms with E-state index >= 15 is 0 Å². The van der Waals surface area contributed by atoms with E-state index in [0.717, 1.165) is 5.56 Å². The number of hydrogen-bond acceptors (Lipinski definition) is 6. The Bertz CT molecular complexity index is 944. The molecule has 0 spiro atoms. The van der Waals surface area contributed by atoms with Crippen molar-refractivity contribution in [2.24, 2.45) is 11.8 Å². The zero-order chi connectivity index (χ0) is 21.0. The molecule has 0 saturated heterocycles. The molecule has 2 rings (SSSR count). The Morgan fingerprint density at radius 1 is 1.14 bits per heavy atom. The Morgan fingerprint density at radius 3 is 2.25 bits per heavy atom. The van der Waals surface area contributed by atoms with Crippen molar-refractivity contribution >= 4 is 17.2 Å². The van der Waals surface area contributed by atoms with Crippen LogP contribution in [-0.2, 0) is 13.1 Å². The van der Waals surface area contributed by atoms with Gasteiger partial charge in [0.2, 0.25) is 0 Å². The fourth-order valence-electron chi connectivity index (χ4n) is 3.05. The van der Waals surface area contributed by atoms with Gasteiger partial charge in [-0.25, -0.2) is 4.79 Å². The van der Waals surface area contributed by atoms with Crippen LogP contribution in [0.5, 0.6) is 0 Å². The molecule has 3 N–H and O–H groups in total. The van der Waals surface area contributed by atoms with E-state index in [-0.39, 0.29) is 29.0 Å². The van der Waals surface area contributed by atoms with Crippen LogP contribution in [-0.4, -0.2) is 21.0 Å². The van der Waals surface area contributed by atoms with Gasteiger partial charge in [-0.1, -0.05) is 39.8 Å². The molecule has 0 aliphatic heterocycles. The molecule has 28 heavy (non-hydrogen) atoms.